The molecule has 1 N–H and O–H groups in total. The second-order valence-electron chi connectivity index (χ2n) is 4.46. The molecule has 1 aromatic rings. The van der Waals surface area contributed by atoms with Crippen LogP contribution in [0.2, 0.25) is 0 Å². The number of ether oxygens (including phenoxy) is 1. The molecule has 0 aromatic carbocycles. The van der Waals surface area contributed by atoms with Gasteiger partial charge in [-0.15, -0.1) is 0 Å². The van der Waals surface area contributed by atoms with Gasteiger partial charge in [0.2, 0.25) is 0 Å². The van der Waals surface area contributed by atoms with Crippen LogP contribution >= 0.6 is 15.9 Å². The predicted octanol–water partition coefficient (Wildman–Crippen LogP) is 2.14. The smallest absolute Gasteiger partial charge is 0.271 e. The SMILES string of the molecule is CC1(NC(=O)c2ncccc2Br)CCOCC1. The highest BCUT2D eigenvalue weighted by atomic mass is 79.9. The normalized spacial score (nSPS) is 18.7. The maximum absolute atomic E-state index is 12.1. The average Bonchev–Trinajstić information content (AvgIpc) is 2.29. The number of carbonyl (C=O) groups is 1. The van der Waals surface area contributed by atoms with Crippen molar-refractivity contribution in [1.82, 2.24) is 10.3 Å². The van der Waals surface area contributed by atoms with E-state index in [1.807, 2.05) is 13.0 Å². The van der Waals surface area contributed by atoms with Crippen LogP contribution in [-0.2, 0) is 4.74 Å². The molecule has 0 atom stereocenters. The van der Waals surface area contributed by atoms with Crippen molar-refractivity contribution < 1.29 is 9.53 Å². The van der Waals surface area contributed by atoms with Crippen molar-refractivity contribution in [3.63, 3.8) is 0 Å². The summed E-state index contributed by atoms with van der Waals surface area (Å²) >= 11 is 3.33. The van der Waals surface area contributed by atoms with Crippen LogP contribution in [0.25, 0.3) is 0 Å². The molecule has 0 radical (unpaired) electrons. The number of amides is 1. The van der Waals surface area contributed by atoms with Crippen LogP contribution in [0.15, 0.2) is 22.8 Å². The van der Waals surface area contributed by atoms with Crippen LogP contribution < -0.4 is 5.32 Å². The third kappa shape index (κ3) is 3.04. The summed E-state index contributed by atoms with van der Waals surface area (Å²) in [6.45, 7) is 3.44. The summed E-state index contributed by atoms with van der Waals surface area (Å²) in [6.07, 6.45) is 3.29. The molecular formula is C12H15BrN2O2. The van der Waals surface area contributed by atoms with Gasteiger partial charge < -0.3 is 10.1 Å². The van der Waals surface area contributed by atoms with Crippen LogP contribution in [0.5, 0.6) is 0 Å². The average molecular weight is 299 g/mol. The number of hydrogen-bond donors (Lipinski definition) is 1. The van der Waals surface area contributed by atoms with Gasteiger partial charge >= 0.3 is 0 Å². The minimum Gasteiger partial charge on any atom is -0.381 e. The Hall–Kier alpha value is -0.940. The van der Waals surface area contributed by atoms with Gasteiger partial charge in [0.25, 0.3) is 5.91 Å². The number of aromatic nitrogens is 1. The third-order valence-electron chi connectivity index (χ3n) is 2.99. The van der Waals surface area contributed by atoms with E-state index in [0.29, 0.717) is 23.4 Å². The molecule has 0 bridgehead atoms. The monoisotopic (exact) mass is 298 g/mol. The lowest BCUT2D eigenvalue weighted by Crippen LogP contribution is -2.49. The lowest BCUT2D eigenvalue weighted by atomic mass is 9.92. The summed E-state index contributed by atoms with van der Waals surface area (Å²) in [6, 6.07) is 3.60. The quantitative estimate of drug-likeness (QED) is 0.910. The van der Waals surface area contributed by atoms with Gasteiger partial charge in [-0.05, 0) is 47.8 Å². The number of pyridine rings is 1. The number of nitrogens with zero attached hydrogens (tertiary/aromatic N) is 1. The second kappa shape index (κ2) is 5.14. The summed E-state index contributed by atoms with van der Waals surface area (Å²) in [5.74, 6) is -0.137. The Bertz CT molecular complexity index is 417. The highest BCUT2D eigenvalue weighted by molar-refractivity contribution is 9.10. The van der Waals surface area contributed by atoms with Crippen molar-refractivity contribution in [2.24, 2.45) is 0 Å². The standard InChI is InChI=1S/C12H15BrN2O2/c1-12(4-7-17-8-5-12)15-11(16)10-9(13)3-2-6-14-10/h2-3,6H,4-5,7-8H2,1H3,(H,15,16). The van der Waals surface area contributed by atoms with Crippen molar-refractivity contribution in [2.45, 2.75) is 25.3 Å². The molecule has 1 fully saturated rings. The zero-order valence-corrected chi connectivity index (χ0v) is 11.3. The maximum Gasteiger partial charge on any atom is 0.271 e. The number of halogens is 1. The molecule has 92 valence electrons. The van der Waals surface area contributed by atoms with E-state index in [1.54, 1.807) is 12.3 Å². The largest absolute Gasteiger partial charge is 0.381 e. The summed E-state index contributed by atoms with van der Waals surface area (Å²) < 4.78 is 6.02. The molecule has 0 saturated carbocycles. The van der Waals surface area contributed by atoms with E-state index in [0.717, 1.165) is 12.8 Å². The van der Waals surface area contributed by atoms with E-state index in [9.17, 15) is 4.79 Å². The highest BCUT2D eigenvalue weighted by Gasteiger charge is 2.30. The van der Waals surface area contributed by atoms with Gasteiger partial charge in [-0.2, -0.15) is 0 Å². The maximum atomic E-state index is 12.1. The van der Waals surface area contributed by atoms with E-state index in [1.165, 1.54) is 0 Å². The zero-order valence-electron chi connectivity index (χ0n) is 9.70. The van der Waals surface area contributed by atoms with E-state index < -0.39 is 0 Å². The first kappa shape index (κ1) is 12.5. The predicted molar refractivity (Wildman–Crippen MR) is 67.9 cm³/mol. The molecule has 0 unspecified atom stereocenters. The molecule has 4 nitrogen and oxygen atoms in total. The first-order valence-corrected chi connectivity index (χ1v) is 6.41. The molecule has 0 aliphatic carbocycles. The number of nitrogens with one attached hydrogen (secondary N) is 1. The molecule has 1 aromatic heterocycles. The molecule has 5 heteroatoms. The first-order chi connectivity index (χ1) is 8.11. The summed E-state index contributed by atoms with van der Waals surface area (Å²) in [5.41, 5.74) is 0.243. The molecule has 0 spiro atoms. The Labute approximate surface area is 109 Å². The van der Waals surface area contributed by atoms with E-state index in [-0.39, 0.29) is 11.4 Å². The van der Waals surface area contributed by atoms with Crippen molar-refractivity contribution in [1.29, 1.82) is 0 Å². The molecule has 1 saturated heterocycles. The fourth-order valence-corrected chi connectivity index (χ4v) is 2.27. The number of carbonyl (C=O) groups excluding carboxylic acids is 1. The second-order valence-corrected chi connectivity index (χ2v) is 5.32. The van der Waals surface area contributed by atoms with Crippen molar-refractivity contribution >= 4 is 21.8 Å². The molecule has 17 heavy (non-hydrogen) atoms. The lowest BCUT2D eigenvalue weighted by Gasteiger charge is -2.34. The topological polar surface area (TPSA) is 51.2 Å². The fourth-order valence-electron chi connectivity index (χ4n) is 1.83. The molecule has 2 rings (SSSR count). The molecule has 2 heterocycles. The van der Waals surface area contributed by atoms with Crippen LogP contribution in [0.1, 0.15) is 30.3 Å². The van der Waals surface area contributed by atoms with Gasteiger partial charge in [0.1, 0.15) is 5.69 Å². The zero-order chi connectivity index (χ0) is 12.3. The minimum atomic E-state index is -0.188. The van der Waals surface area contributed by atoms with Crippen LogP contribution in [0.3, 0.4) is 0 Å². The highest BCUT2D eigenvalue weighted by Crippen LogP contribution is 2.21. The van der Waals surface area contributed by atoms with Crippen molar-refractivity contribution in [3.05, 3.63) is 28.5 Å². The van der Waals surface area contributed by atoms with Gasteiger partial charge in [0, 0.05) is 29.4 Å². The van der Waals surface area contributed by atoms with Gasteiger partial charge in [-0.3, -0.25) is 4.79 Å². The van der Waals surface area contributed by atoms with Crippen molar-refractivity contribution in [3.8, 4) is 0 Å². The van der Waals surface area contributed by atoms with Gasteiger partial charge in [0.05, 0.1) is 0 Å². The molecule has 1 aliphatic rings. The third-order valence-corrected chi connectivity index (χ3v) is 3.63. The fraction of sp³-hybridized carbons (Fsp3) is 0.500. The molecule has 1 aliphatic heterocycles. The number of hydrogen-bond acceptors (Lipinski definition) is 3. The Kier molecular flexibility index (Phi) is 3.79. The lowest BCUT2D eigenvalue weighted by molar-refractivity contribution is 0.0421. The van der Waals surface area contributed by atoms with Gasteiger partial charge in [0.15, 0.2) is 0 Å². The molecular weight excluding hydrogens is 284 g/mol. The van der Waals surface area contributed by atoms with Crippen LogP contribution in [-0.4, -0.2) is 29.6 Å². The van der Waals surface area contributed by atoms with Gasteiger partial charge in [-0.25, -0.2) is 4.98 Å². The summed E-state index contributed by atoms with van der Waals surface area (Å²) in [5, 5.41) is 3.04. The Morgan fingerprint density at radius 3 is 2.88 bits per heavy atom. The van der Waals surface area contributed by atoms with Crippen LogP contribution in [0, 0.1) is 0 Å². The van der Waals surface area contributed by atoms with E-state index in [4.69, 9.17) is 4.74 Å². The number of rotatable bonds is 2. The summed E-state index contributed by atoms with van der Waals surface area (Å²) in [7, 11) is 0. The van der Waals surface area contributed by atoms with Crippen LogP contribution in [0.4, 0.5) is 0 Å². The first-order valence-electron chi connectivity index (χ1n) is 5.61. The van der Waals surface area contributed by atoms with E-state index in [2.05, 4.69) is 26.2 Å². The van der Waals surface area contributed by atoms with E-state index >= 15 is 0 Å². The molecule has 1 amide bonds. The van der Waals surface area contributed by atoms with Gasteiger partial charge in [-0.1, -0.05) is 0 Å². The Morgan fingerprint density at radius 1 is 1.53 bits per heavy atom. The minimum absolute atomic E-state index is 0.137. The Balaban J connectivity index is 2.09. The Morgan fingerprint density at radius 2 is 2.24 bits per heavy atom. The van der Waals surface area contributed by atoms with Crippen molar-refractivity contribution in [2.75, 3.05) is 13.2 Å². The summed E-state index contributed by atoms with van der Waals surface area (Å²) in [4.78, 5) is 16.2.